The second-order valence-electron chi connectivity index (χ2n) is 7.61. The summed E-state index contributed by atoms with van der Waals surface area (Å²) in [5, 5.41) is 4.13. The zero-order valence-corrected chi connectivity index (χ0v) is 16.7. The molecule has 0 saturated carbocycles. The van der Waals surface area contributed by atoms with Crippen molar-refractivity contribution in [3.8, 4) is 0 Å². The van der Waals surface area contributed by atoms with Gasteiger partial charge in [0.25, 0.3) is 5.91 Å². The van der Waals surface area contributed by atoms with Gasteiger partial charge in [0.05, 0.1) is 17.7 Å². The summed E-state index contributed by atoms with van der Waals surface area (Å²) in [6.07, 6.45) is 1.96. The number of aromatic nitrogens is 1. The van der Waals surface area contributed by atoms with Gasteiger partial charge >= 0.3 is 0 Å². The lowest BCUT2D eigenvalue weighted by Gasteiger charge is -2.29. The Hall–Kier alpha value is -2.02. The van der Waals surface area contributed by atoms with E-state index in [0.29, 0.717) is 6.54 Å². The molecule has 1 amide bonds. The summed E-state index contributed by atoms with van der Waals surface area (Å²) in [4.78, 5) is 22.8. The normalized spacial score (nSPS) is 18.6. The molecule has 0 spiro atoms. The van der Waals surface area contributed by atoms with Crippen LogP contribution in [0, 0.1) is 0 Å². The highest BCUT2D eigenvalue weighted by Crippen LogP contribution is 2.28. The number of pyridine rings is 1. The first-order valence-corrected chi connectivity index (χ1v) is 10.5. The maximum absolute atomic E-state index is 13.2. The fourth-order valence-corrected chi connectivity index (χ4v) is 4.21. The summed E-state index contributed by atoms with van der Waals surface area (Å²) in [5.41, 5.74) is 3.92. The molecule has 2 aliphatic rings. The average Bonchev–Trinajstić information content (AvgIpc) is 3.00. The van der Waals surface area contributed by atoms with Crippen molar-refractivity contribution in [2.45, 2.75) is 26.3 Å². The van der Waals surface area contributed by atoms with Crippen LogP contribution >= 0.6 is 0 Å². The van der Waals surface area contributed by atoms with Crippen molar-refractivity contribution in [1.82, 2.24) is 20.1 Å². The van der Waals surface area contributed by atoms with Crippen molar-refractivity contribution >= 4 is 16.8 Å². The molecule has 1 aromatic heterocycles. The highest BCUT2D eigenvalue weighted by atomic mass is 16.5. The van der Waals surface area contributed by atoms with E-state index in [1.54, 1.807) is 0 Å². The third-order valence-electron chi connectivity index (χ3n) is 5.83. The Kier molecular flexibility index (Phi) is 6.20. The second kappa shape index (κ2) is 8.99. The van der Waals surface area contributed by atoms with Crippen LogP contribution in [0.25, 0.3) is 10.9 Å². The number of carbonyl (C=O) groups is 1. The first-order chi connectivity index (χ1) is 13.8. The second-order valence-corrected chi connectivity index (χ2v) is 7.61. The molecule has 0 unspecified atom stereocenters. The van der Waals surface area contributed by atoms with Crippen LogP contribution in [0.3, 0.4) is 0 Å². The van der Waals surface area contributed by atoms with E-state index in [1.165, 1.54) is 0 Å². The van der Waals surface area contributed by atoms with Gasteiger partial charge in [0.2, 0.25) is 0 Å². The maximum Gasteiger partial charge on any atom is 0.252 e. The van der Waals surface area contributed by atoms with Crippen LogP contribution in [-0.4, -0.2) is 73.2 Å². The number of nitrogens with zero attached hydrogens (tertiary/aromatic N) is 3. The van der Waals surface area contributed by atoms with Gasteiger partial charge in [-0.25, -0.2) is 0 Å². The maximum atomic E-state index is 13.2. The summed E-state index contributed by atoms with van der Waals surface area (Å²) >= 11 is 0. The van der Waals surface area contributed by atoms with Crippen LogP contribution in [-0.2, 0) is 17.7 Å². The SMILES string of the molecule is CCN1CCc2nc3ccccc3c(C(=O)NCCN3CCCOCC3)c2C1. The number of nitrogens with one attached hydrogen (secondary N) is 1. The Labute approximate surface area is 166 Å². The zero-order valence-electron chi connectivity index (χ0n) is 16.7. The molecule has 3 heterocycles. The molecule has 1 N–H and O–H groups in total. The molecule has 2 aromatic rings. The first-order valence-electron chi connectivity index (χ1n) is 10.5. The summed E-state index contributed by atoms with van der Waals surface area (Å²) < 4.78 is 5.51. The number of rotatable bonds is 5. The minimum Gasteiger partial charge on any atom is -0.380 e. The topological polar surface area (TPSA) is 57.7 Å². The summed E-state index contributed by atoms with van der Waals surface area (Å²) in [7, 11) is 0. The zero-order chi connectivity index (χ0) is 19.3. The number of fused-ring (bicyclic) bond motifs is 2. The molecular formula is C22H30N4O2. The van der Waals surface area contributed by atoms with Crippen molar-refractivity contribution in [1.29, 1.82) is 0 Å². The molecule has 0 aliphatic carbocycles. The summed E-state index contributed by atoms with van der Waals surface area (Å²) in [5.74, 6) is 0.0267. The Balaban J connectivity index is 1.55. The lowest BCUT2D eigenvalue weighted by atomic mass is 9.95. The van der Waals surface area contributed by atoms with E-state index in [1.807, 2.05) is 24.3 Å². The molecule has 150 valence electrons. The molecular weight excluding hydrogens is 352 g/mol. The van der Waals surface area contributed by atoms with Gasteiger partial charge in [0.15, 0.2) is 0 Å². The third kappa shape index (κ3) is 4.19. The van der Waals surface area contributed by atoms with E-state index in [4.69, 9.17) is 9.72 Å². The molecule has 1 saturated heterocycles. The number of hydrogen-bond acceptors (Lipinski definition) is 5. The molecule has 6 nitrogen and oxygen atoms in total. The van der Waals surface area contributed by atoms with Crippen LogP contribution in [0.2, 0.25) is 0 Å². The Morgan fingerprint density at radius 2 is 2.07 bits per heavy atom. The van der Waals surface area contributed by atoms with Gasteiger partial charge in [0, 0.05) is 68.9 Å². The average molecular weight is 383 g/mol. The smallest absolute Gasteiger partial charge is 0.252 e. The van der Waals surface area contributed by atoms with Gasteiger partial charge in [-0.15, -0.1) is 0 Å². The monoisotopic (exact) mass is 382 g/mol. The number of ether oxygens (including phenoxy) is 1. The standard InChI is InChI=1S/C22H30N4O2/c1-2-25-11-8-20-18(16-25)21(17-6-3-4-7-19(17)24-20)22(27)23-9-12-26-10-5-14-28-15-13-26/h3-4,6-7H,2,5,8-16H2,1H3,(H,23,27). The van der Waals surface area contributed by atoms with Gasteiger partial charge < -0.3 is 10.1 Å². The van der Waals surface area contributed by atoms with Gasteiger partial charge in [-0.3, -0.25) is 19.6 Å². The van der Waals surface area contributed by atoms with Crippen molar-refractivity contribution < 1.29 is 9.53 Å². The fraction of sp³-hybridized carbons (Fsp3) is 0.545. The summed E-state index contributed by atoms with van der Waals surface area (Å²) in [6.45, 7) is 10.1. The van der Waals surface area contributed by atoms with Crippen LogP contribution < -0.4 is 5.32 Å². The Bertz CT molecular complexity index is 831. The molecule has 4 rings (SSSR count). The number of benzene rings is 1. The van der Waals surface area contributed by atoms with E-state index in [-0.39, 0.29) is 5.91 Å². The number of likely N-dealkylation sites (N-methyl/N-ethyl adjacent to an activating group) is 1. The van der Waals surface area contributed by atoms with Gasteiger partial charge in [0.1, 0.15) is 0 Å². The fourth-order valence-electron chi connectivity index (χ4n) is 4.21. The molecule has 0 bridgehead atoms. The Morgan fingerprint density at radius 3 is 2.96 bits per heavy atom. The lowest BCUT2D eigenvalue weighted by molar-refractivity contribution is 0.0946. The van der Waals surface area contributed by atoms with Crippen LogP contribution in [0.1, 0.15) is 35.0 Å². The van der Waals surface area contributed by atoms with E-state index in [9.17, 15) is 4.79 Å². The minimum absolute atomic E-state index is 0.0267. The molecule has 28 heavy (non-hydrogen) atoms. The van der Waals surface area contributed by atoms with Crippen LogP contribution in [0.5, 0.6) is 0 Å². The van der Waals surface area contributed by atoms with Crippen molar-refractivity contribution in [3.63, 3.8) is 0 Å². The highest BCUT2D eigenvalue weighted by Gasteiger charge is 2.25. The number of hydrogen-bond donors (Lipinski definition) is 1. The highest BCUT2D eigenvalue weighted by molar-refractivity contribution is 6.07. The van der Waals surface area contributed by atoms with Crippen molar-refractivity contribution in [3.05, 3.63) is 41.1 Å². The molecule has 2 aliphatic heterocycles. The van der Waals surface area contributed by atoms with Gasteiger partial charge in [-0.2, -0.15) is 0 Å². The number of carbonyl (C=O) groups excluding carboxylic acids is 1. The molecule has 6 heteroatoms. The number of para-hydroxylation sites is 1. The molecule has 0 atom stereocenters. The van der Waals surface area contributed by atoms with Crippen LogP contribution in [0.15, 0.2) is 24.3 Å². The van der Waals surface area contributed by atoms with Crippen molar-refractivity contribution in [2.24, 2.45) is 0 Å². The first kappa shape index (κ1) is 19.3. The molecule has 1 aromatic carbocycles. The third-order valence-corrected chi connectivity index (χ3v) is 5.83. The quantitative estimate of drug-likeness (QED) is 0.858. The predicted molar refractivity (Wildman–Crippen MR) is 111 cm³/mol. The molecule has 1 fully saturated rings. The molecule has 0 radical (unpaired) electrons. The number of amides is 1. The minimum atomic E-state index is 0.0267. The Morgan fingerprint density at radius 1 is 1.18 bits per heavy atom. The largest absolute Gasteiger partial charge is 0.380 e. The van der Waals surface area contributed by atoms with Crippen molar-refractivity contribution in [2.75, 3.05) is 52.5 Å². The van der Waals surface area contributed by atoms with E-state index < -0.39 is 0 Å². The summed E-state index contributed by atoms with van der Waals surface area (Å²) in [6, 6.07) is 8.02. The van der Waals surface area contributed by atoms with E-state index in [2.05, 4.69) is 22.0 Å². The van der Waals surface area contributed by atoms with E-state index in [0.717, 1.165) is 93.0 Å². The van der Waals surface area contributed by atoms with E-state index >= 15 is 0 Å². The van der Waals surface area contributed by atoms with Gasteiger partial charge in [-0.05, 0) is 19.0 Å². The van der Waals surface area contributed by atoms with Gasteiger partial charge in [-0.1, -0.05) is 25.1 Å². The predicted octanol–water partition coefficient (Wildman–Crippen LogP) is 2.06. The van der Waals surface area contributed by atoms with Crippen LogP contribution in [0.4, 0.5) is 0 Å². The lowest BCUT2D eigenvalue weighted by Crippen LogP contribution is -2.38.